The maximum atomic E-state index is 13.0. The summed E-state index contributed by atoms with van der Waals surface area (Å²) in [7, 11) is 1.81. The van der Waals surface area contributed by atoms with Crippen LogP contribution in [0.3, 0.4) is 0 Å². The quantitative estimate of drug-likeness (QED) is 0.718. The summed E-state index contributed by atoms with van der Waals surface area (Å²) in [4.78, 5) is 17.8. The smallest absolute Gasteiger partial charge is 0.262 e. The summed E-state index contributed by atoms with van der Waals surface area (Å²) in [6.07, 6.45) is 7.50. The van der Waals surface area contributed by atoms with Crippen molar-refractivity contribution < 1.29 is 14.3 Å². The first-order valence-electron chi connectivity index (χ1n) is 9.90. The Morgan fingerprint density at radius 3 is 2.76 bits per heavy atom. The first-order chi connectivity index (χ1) is 13.8. The van der Waals surface area contributed by atoms with E-state index < -0.39 is 0 Å². The molecule has 0 atom stereocenters. The number of nitrogens with zero attached hydrogens (tertiary/aromatic N) is 4. The minimum Gasteiger partial charge on any atom is -0.490 e. The molecule has 29 heavy (non-hydrogen) atoms. The topological polar surface area (TPSA) is 82.7 Å². The van der Waals surface area contributed by atoms with Gasteiger partial charge in [0.1, 0.15) is 11.4 Å². The number of ether oxygens (including phenoxy) is 2. The van der Waals surface area contributed by atoms with Gasteiger partial charge in [-0.2, -0.15) is 5.10 Å². The van der Waals surface area contributed by atoms with Gasteiger partial charge in [0.05, 0.1) is 29.6 Å². The number of fused-ring (bicyclic) bond motifs is 2. The Labute approximate surface area is 168 Å². The van der Waals surface area contributed by atoms with E-state index >= 15 is 0 Å². The van der Waals surface area contributed by atoms with Crippen LogP contribution in [0.15, 0.2) is 30.7 Å². The van der Waals surface area contributed by atoms with Crippen LogP contribution in [-0.4, -0.2) is 43.4 Å². The van der Waals surface area contributed by atoms with E-state index in [1.807, 2.05) is 30.5 Å². The van der Waals surface area contributed by atoms with E-state index in [-0.39, 0.29) is 23.0 Å². The number of amides is 1. The highest BCUT2D eigenvalue weighted by Crippen LogP contribution is 2.58. The van der Waals surface area contributed by atoms with Crippen molar-refractivity contribution >= 4 is 17.4 Å². The number of carbonyl (C=O) groups is 1. The van der Waals surface area contributed by atoms with Gasteiger partial charge < -0.3 is 19.2 Å². The Hall–Kier alpha value is -2.87. The zero-order valence-electron chi connectivity index (χ0n) is 17.1. The van der Waals surface area contributed by atoms with Crippen LogP contribution < -0.4 is 10.1 Å². The number of pyridine rings is 1. The van der Waals surface area contributed by atoms with Crippen molar-refractivity contribution in [3.8, 4) is 5.75 Å². The standard InChI is InChI=1S/C21H25N5O3/c1-13(2)29-15-7-18-22-16(21-10-20(3,11-21)28-12-21)9-26(18)8-14(15)19(27)23-17-5-6-25(4)24-17/h5-9,13H,10-12H2,1-4H3,(H,23,24,27). The molecule has 0 unspecified atom stereocenters. The van der Waals surface area contributed by atoms with E-state index in [0.717, 1.165) is 24.2 Å². The van der Waals surface area contributed by atoms with Crippen LogP contribution in [0.5, 0.6) is 5.75 Å². The normalized spacial score (nSPS) is 25.4. The molecule has 8 heteroatoms. The molecule has 1 N–H and O–H groups in total. The number of imidazole rings is 1. The molecule has 3 aromatic rings. The Morgan fingerprint density at radius 1 is 1.34 bits per heavy atom. The third-order valence-corrected chi connectivity index (χ3v) is 5.78. The van der Waals surface area contributed by atoms with Crippen molar-refractivity contribution in [2.24, 2.45) is 7.05 Å². The van der Waals surface area contributed by atoms with E-state index in [1.54, 1.807) is 30.2 Å². The maximum absolute atomic E-state index is 13.0. The summed E-state index contributed by atoms with van der Waals surface area (Å²) >= 11 is 0. The molecule has 3 fully saturated rings. The lowest BCUT2D eigenvalue weighted by atomic mass is 9.62. The van der Waals surface area contributed by atoms with E-state index in [0.29, 0.717) is 23.7 Å². The Bertz CT molecular complexity index is 1110. The van der Waals surface area contributed by atoms with Gasteiger partial charge in [-0.25, -0.2) is 4.98 Å². The fourth-order valence-corrected chi connectivity index (χ4v) is 4.61. The summed E-state index contributed by atoms with van der Waals surface area (Å²) in [5.41, 5.74) is 2.22. The first kappa shape index (κ1) is 18.2. The lowest BCUT2D eigenvalue weighted by Gasteiger charge is -2.41. The van der Waals surface area contributed by atoms with Crippen molar-refractivity contribution in [2.75, 3.05) is 11.9 Å². The molecule has 1 aliphatic carbocycles. The van der Waals surface area contributed by atoms with Crippen molar-refractivity contribution in [1.82, 2.24) is 19.2 Å². The van der Waals surface area contributed by atoms with Gasteiger partial charge in [-0.1, -0.05) is 0 Å². The average molecular weight is 395 g/mol. The van der Waals surface area contributed by atoms with Crippen molar-refractivity contribution in [3.05, 3.63) is 42.0 Å². The predicted octanol–water partition coefficient (Wildman–Crippen LogP) is 2.93. The number of hydrogen-bond acceptors (Lipinski definition) is 5. The lowest BCUT2D eigenvalue weighted by Crippen LogP contribution is -2.45. The molecule has 0 radical (unpaired) electrons. The summed E-state index contributed by atoms with van der Waals surface area (Å²) in [5, 5.41) is 7.05. The Balaban J connectivity index is 1.52. The lowest BCUT2D eigenvalue weighted by molar-refractivity contribution is 0.0154. The van der Waals surface area contributed by atoms with Gasteiger partial charge in [0, 0.05) is 43.2 Å². The fourth-order valence-electron chi connectivity index (χ4n) is 4.61. The fraction of sp³-hybridized carbons (Fsp3) is 0.476. The third-order valence-electron chi connectivity index (χ3n) is 5.78. The third kappa shape index (κ3) is 2.98. The highest BCUT2D eigenvalue weighted by atomic mass is 16.5. The average Bonchev–Trinajstić information content (AvgIpc) is 3.36. The second-order valence-corrected chi connectivity index (χ2v) is 8.81. The van der Waals surface area contributed by atoms with Crippen LogP contribution >= 0.6 is 0 Å². The van der Waals surface area contributed by atoms with Crippen LogP contribution in [0.25, 0.3) is 5.65 Å². The number of aromatic nitrogens is 4. The Morgan fingerprint density at radius 2 is 2.14 bits per heavy atom. The van der Waals surface area contributed by atoms with Gasteiger partial charge in [-0.15, -0.1) is 0 Å². The monoisotopic (exact) mass is 395 g/mol. The van der Waals surface area contributed by atoms with Crippen LogP contribution in [-0.2, 0) is 17.2 Å². The second-order valence-electron chi connectivity index (χ2n) is 8.81. The van der Waals surface area contributed by atoms with Crippen LogP contribution in [0, 0.1) is 0 Å². The summed E-state index contributed by atoms with van der Waals surface area (Å²) in [6, 6.07) is 3.59. The van der Waals surface area contributed by atoms with Crippen molar-refractivity contribution in [3.63, 3.8) is 0 Å². The number of hydrogen-bond donors (Lipinski definition) is 1. The summed E-state index contributed by atoms with van der Waals surface area (Å²) in [5.74, 6) is 0.738. The van der Waals surface area contributed by atoms with E-state index in [1.165, 1.54) is 0 Å². The molecule has 2 aliphatic heterocycles. The van der Waals surface area contributed by atoms with Gasteiger partial charge in [0.15, 0.2) is 5.82 Å². The number of aryl methyl sites for hydroxylation is 1. The number of anilines is 1. The molecule has 0 spiro atoms. The van der Waals surface area contributed by atoms with Gasteiger partial charge in [-0.3, -0.25) is 9.48 Å². The molecule has 6 rings (SSSR count). The first-order valence-corrected chi connectivity index (χ1v) is 9.90. The number of nitrogens with one attached hydrogen (secondary N) is 1. The van der Waals surface area contributed by atoms with Gasteiger partial charge >= 0.3 is 0 Å². The molecule has 8 nitrogen and oxygen atoms in total. The van der Waals surface area contributed by atoms with Crippen LogP contribution in [0.4, 0.5) is 5.82 Å². The highest BCUT2D eigenvalue weighted by Gasteiger charge is 2.61. The van der Waals surface area contributed by atoms with Gasteiger partial charge in [0.2, 0.25) is 0 Å². The molecule has 3 aromatic heterocycles. The minimum atomic E-state index is -0.268. The molecule has 2 bridgehead atoms. The maximum Gasteiger partial charge on any atom is 0.262 e. The SMILES string of the molecule is CC(C)Oc1cc2nc(C34COC(C)(C3)C4)cn2cc1C(=O)Nc1ccn(C)n1. The van der Waals surface area contributed by atoms with Crippen molar-refractivity contribution in [1.29, 1.82) is 0 Å². The van der Waals surface area contributed by atoms with Crippen LogP contribution in [0.2, 0.25) is 0 Å². The summed E-state index contributed by atoms with van der Waals surface area (Å²) < 4.78 is 15.4. The molecule has 3 aliphatic rings. The molecular weight excluding hydrogens is 370 g/mol. The molecule has 0 aromatic carbocycles. The van der Waals surface area contributed by atoms with Crippen LogP contribution in [0.1, 0.15) is 49.7 Å². The zero-order chi connectivity index (χ0) is 20.4. The molecular formula is C21H25N5O3. The summed E-state index contributed by atoms with van der Waals surface area (Å²) in [6.45, 7) is 6.73. The van der Waals surface area contributed by atoms with Crippen molar-refractivity contribution in [2.45, 2.75) is 50.7 Å². The predicted molar refractivity (Wildman–Crippen MR) is 107 cm³/mol. The largest absolute Gasteiger partial charge is 0.490 e. The van der Waals surface area contributed by atoms with E-state index in [2.05, 4.69) is 17.3 Å². The molecule has 1 amide bonds. The van der Waals surface area contributed by atoms with E-state index in [9.17, 15) is 4.79 Å². The number of rotatable bonds is 5. The molecule has 5 heterocycles. The molecule has 1 saturated carbocycles. The zero-order valence-corrected chi connectivity index (χ0v) is 17.1. The number of carbonyl (C=O) groups excluding carboxylic acids is 1. The highest BCUT2D eigenvalue weighted by molar-refractivity contribution is 6.05. The minimum absolute atomic E-state index is 0.00375. The molecule has 152 valence electrons. The van der Waals surface area contributed by atoms with Gasteiger partial charge in [-0.05, 0) is 33.6 Å². The second kappa shape index (κ2) is 6.06. The molecule has 2 saturated heterocycles. The Kier molecular flexibility index (Phi) is 3.80. The van der Waals surface area contributed by atoms with E-state index in [4.69, 9.17) is 14.5 Å². The van der Waals surface area contributed by atoms with Gasteiger partial charge in [0.25, 0.3) is 5.91 Å².